The molecular formula is C15H27N3O4. The van der Waals surface area contributed by atoms with Crippen LogP contribution in [0.2, 0.25) is 0 Å². The van der Waals surface area contributed by atoms with E-state index in [2.05, 4.69) is 5.32 Å². The highest BCUT2D eigenvalue weighted by atomic mass is 16.5. The summed E-state index contributed by atoms with van der Waals surface area (Å²) in [5.74, 6) is -1.11. The zero-order chi connectivity index (χ0) is 16.5. The van der Waals surface area contributed by atoms with Gasteiger partial charge in [0.05, 0.1) is 0 Å². The molecule has 1 rings (SSSR count). The Hall–Kier alpha value is -1.63. The Balaban J connectivity index is 2.68. The summed E-state index contributed by atoms with van der Waals surface area (Å²) in [7, 11) is 0. The molecule has 1 heterocycles. The van der Waals surface area contributed by atoms with Crippen molar-refractivity contribution in [1.82, 2.24) is 15.7 Å². The molecule has 1 aliphatic rings. The van der Waals surface area contributed by atoms with E-state index in [-0.39, 0.29) is 24.3 Å². The zero-order valence-electron chi connectivity index (χ0n) is 13.4. The second-order valence-electron chi connectivity index (χ2n) is 5.84. The van der Waals surface area contributed by atoms with Crippen LogP contribution in [0.5, 0.6) is 0 Å². The first-order chi connectivity index (χ1) is 10.5. The minimum absolute atomic E-state index is 0.00130. The number of carbonyl (C=O) groups excluding carboxylic acids is 3. The minimum atomic E-state index is -0.535. The van der Waals surface area contributed by atoms with Crippen LogP contribution in [0.3, 0.4) is 0 Å². The molecule has 3 N–H and O–H groups in total. The van der Waals surface area contributed by atoms with E-state index in [1.54, 1.807) is 10.4 Å². The summed E-state index contributed by atoms with van der Waals surface area (Å²) < 4.78 is 0. The Morgan fingerprint density at radius 3 is 2.68 bits per heavy atom. The van der Waals surface area contributed by atoms with Crippen LogP contribution in [0.15, 0.2) is 0 Å². The molecule has 0 spiro atoms. The molecule has 0 aromatic heterocycles. The van der Waals surface area contributed by atoms with Crippen LogP contribution in [-0.2, 0) is 14.4 Å². The van der Waals surface area contributed by atoms with Gasteiger partial charge in [-0.1, -0.05) is 19.8 Å². The third-order valence-electron chi connectivity index (χ3n) is 4.06. The highest BCUT2D eigenvalue weighted by Crippen LogP contribution is 2.23. The lowest BCUT2D eigenvalue weighted by molar-refractivity contribution is -0.141. The van der Waals surface area contributed by atoms with Crippen molar-refractivity contribution in [3.8, 4) is 0 Å². The fraction of sp³-hybridized carbons (Fsp3) is 0.800. The molecule has 3 amide bonds. The third-order valence-corrected chi connectivity index (χ3v) is 4.06. The van der Waals surface area contributed by atoms with Crippen molar-refractivity contribution in [2.24, 2.45) is 5.92 Å². The van der Waals surface area contributed by atoms with Gasteiger partial charge in [-0.25, -0.2) is 5.48 Å². The fourth-order valence-corrected chi connectivity index (χ4v) is 2.87. The average Bonchev–Trinajstić information content (AvgIpc) is 2.96. The Bertz CT molecular complexity index is 400. The SMILES string of the molecule is CCCC[C@H](CC(=O)NO)C(=O)N1CCC[C@H]1CNC(C)=O. The molecule has 7 nitrogen and oxygen atoms in total. The smallest absolute Gasteiger partial charge is 0.244 e. The Kier molecular flexibility index (Phi) is 7.87. The number of carbonyl (C=O) groups is 3. The fourth-order valence-electron chi connectivity index (χ4n) is 2.87. The predicted molar refractivity (Wildman–Crippen MR) is 81.0 cm³/mol. The van der Waals surface area contributed by atoms with Crippen LogP contribution in [0.4, 0.5) is 0 Å². The van der Waals surface area contributed by atoms with E-state index < -0.39 is 11.8 Å². The van der Waals surface area contributed by atoms with Crippen LogP contribution in [-0.4, -0.2) is 47.0 Å². The molecule has 0 aliphatic carbocycles. The topological polar surface area (TPSA) is 98.7 Å². The van der Waals surface area contributed by atoms with E-state index in [9.17, 15) is 14.4 Å². The second kappa shape index (κ2) is 9.40. The van der Waals surface area contributed by atoms with E-state index >= 15 is 0 Å². The van der Waals surface area contributed by atoms with Gasteiger partial charge in [-0.05, 0) is 19.3 Å². The van der Waals surface area contributed by atoms with Gasteiger partial charge in [-0.2, -0.15) is 0 Å². The van der Waals surface area contributed by atoms with Crippen molar-refractivity contribution < 1.29 is 19.6 Å². The first-order valence-corrected chi connectivity index (χ1v) is 7.97. The number of nitrogens with zero attached hydrogens (tertiary/aromatic N) is 1. The number of hydrogen-bond acceptors (Lipinski definition) is 4. The van der Waals surface area contributed by atoms with E-state index in [0.717, 1.165) is 25.7 Å². The Morgan fingerprint density at radius 2 is 2.09 bits per heavy atom. The average molecular weight is 313 g/mol. The molecule has 0 unspecified atom stereocenters. The Labute approximate surface area is 131 Å². The monoisotopic (exact) mass is 313 g/mol. The van der Waals surface area contributed by atoms with Crippen LogP contribution >= 0.6 is 0 Å². The molecule has 0 aromatic carbocycles. The van der Waals surface area contributed by atoms with Gasteiger partial charge < -0.3 is 10.2 Å². The minimum Gasteiger partial charge on any atom is -0.354 e. The van der Waals surface area contributed by atoms with Crippen molar-refractivity contribution >= 4 is 17.7 Å². The molecule has 1 fully saturated rings. The lowest BCUT2D eigenvalue weighted by Crippen LogP contribution is -2.45. The third kappa shape index (κ3) is 5.63. The van der Waals surface area contributed by atoms with E-state index in [4.69, 9.17) is 5.21 Å². The van der Waals surface area contributed by atoms with Crippen molar-refractivity contribution in [3.05, 3.63) is 0 Å². The predicted octanol–water partition coefficient (Wildman–Crippen LogP) is 0.815. The van der Waals surface area contributed by atoms with Crippen molar-refractivity contribution in [2.75, 3.05) is 13.1 Å². The lowest BCUT2D eigenvalue weighted by Gasteiger charge is -2.28. The maximum Gasteiger partial charge on any atom is 0.244 e. The first kappa shape index (κ1) is 18.4. The number of rotatable bonds is 8. The summed E-state index contributed by atoms with van der Waals surface area (Å²) in [4.78, 5) is 36.9. The standard InChI is InChI=1S/C15H27N3O4/c1-3-4-6-12(9-14(20)17-22)15(21)18-8-5-7-13(18)10-16-11(2)19/h12-13,22H,3-10H2,1-2H3,(H,16,19)(H,17,20)/t12-,13+/m1/s1. The van der Waals surface area contributed by atoms with Crippen LogP contribution < -0.4 is 10.8 Å². The number of hydroxylamine groups is 1. The van der Waals surface area contributed by atoms with Crippen molar-refractivity contribution in [3.63, 3.8) is 0 Å². The van der Waals surface area contributed by atoms with E-state index in [0.29, 0.717) is 19.5 Å². The largest absolute Gasteiger partial charge is 0.354 e. The number of likely N-dealkylation sites (tertiary alicyclic amines) is 1. The number of hydrogen-bond donors (Lipinski definition) is 3. The zero-order valence-corrected chi connectivity index (χ0v) is 13.4. The molecule has 0 saturated carbocycles. The molecule has 0 bridgehead atoms. The molecule has 0 aromatic rings. The van der Waals surface area contributed by atoms with Crippen LogP contribution in [0.1, 0.15) is 52.4 Å². The number of amides is 3. The molecular weight excluding hydrogens is 286 g/mol. The van der Waals surface area contributed by atoms with Gasteiger partial charge in [0.15, 0.2) is 0 Å². The van der Waals surface area contributed by atoms with E-state index in [1.807, 2.05) is 6.92 Å². The summed E-state index contributed by atoms with van der Waals surface area (Å²) in [5.41, 5.74) is 1.60. The maximum atomic E-state index is 12.7. The maximum absolute atomic E-state index is 12.7. The highest BCUT2D eigenvalue weighted by molar-refractivity contribution is 5.85. The second-order valence-corrected chi connectivity index (χ2v) is 5.84. The number of nitrogens with one attached hydrogen (secondary N) is 2. The summed E-state index contributed by atoms with van der Waals surface area (Å²) in [5, 5.41) is 11.4. The van der Waals surface area contributed by atoms with Gasteiger partial charge in [0.1, 0.15) is 0 Å². The van der Waals surface area contributed by atoms with Gasteiger partial charge in [0.2, 0.25) is 17.7 Å². The summed E-state index contributed by atoms with van der Waals surface area (Å²) in [6.45, 7) is 4.60. The van der Waals surface area contributed by atoms with Gasteiger partial charge in [0, 0.05) is 38.4 Å². The molecule has 22 heavy (non-hydrogen) atoms. The molecule has 7 heteroatoms. The molecule has 2 atom stereocenters. The summed E-state index contributed by atoms with van der Waals surface area (Å²) >= 11 is 0. The molecule has 1 saturated heterocycles. The van der Waals surface area contributed by atoms with Gasteiger partial charge >= 0.3 is 0 Å². The van der Waals surface area contributed by atoms with Crippen LogP contribution in [0.25, 0.3) is 0 Å². The van der Waals surface area contributed by atoms with Gasteiger partial charge in [0.25, 0.3) is 0 Å². The van der Waals surface area contributed by atoms with Gasteiger partial charge in [-0.3, -0.25) is 19.6 Å². The normalized spacial score (nSPS) is 18.9. The van der Waals surface area contributed by atoms with E-state index in [1.165, 1.54) is 6.92 Å². The van der Waals surface area contributed by atoms with Gasteiger partial charge in [-0.15, -0.1) is 0 Å². The summed E-state index contributed by atoms with van der Waals surface area (Å²) in [6, 6.07) is -0.00212. The molecule has 1 aliphatic heterocycles. The van der Waals surface area contributed by atoms with Crippen molar-refractivity contribution in [1.29, 1.82) is 0 Å². The molecule has 126 valence electrons. The Morgan fingerprint density at radius 1 is 1.36 bits per heavy atom. The lowest BCUT2D eigenvalue weighted by atomic mass is 9.96. The number of unbranched alkanes of at least 4 members (excludes halogenated alkanes) is 1. The summed E-state index contributed by atoms with van der Waals surface area (Å²) in [6.07, 6.45) is 4.20. The molecule has 0 radical (unpaired) electrons. The first-order valence-electron chi connectivity index (χ1n) is 7.97. The van der Waals surface area contributed by atoms with Crippen molar-refractivity contribution in [2.45, 2.75) is 58.4 Å². The van der Waals surface area contributed by atoms with Crippen LogP contribution in [0, 0.1) is 5.92 Å². The quantitative estimate of drug-likeness (QED) is 0.456. The highest BCUT2D eigenvalue weighted by Gasteiger charge is 2.33.